The molecular formula is C15H8F8. The van der Waals surface area contributed by atoms with Gasteiger partial charge in [-0.1, -0.05) is 18.2 Å². The van der Waals surface area contributed by atoms with Crippen LogP contribution in [0.25, 0.3) is 11.1 Å². The van der Waals surface area contributed by atoms with E-state index in [2.05, 4.69) is 0 Å². The monoisotopic (exact) mass is 340 g/mol. The van der Waals surface area contributed by atoms with Crippen molar-refractivity contribution < 1.29 is 35.1 Å². The summed E-state index contributed by atoms with van der Waals surface area (Å²) in [5, 5.41) is 0. The molecule has 0 fully saturated rings. The molecule has 23 heavy (non-hydrogen) atoms. The molecule has 8 heteroatoms. The predicted octanol–water partition coefficient (Wildman–Crippen LogP) is 6.33. The maximum atomic E-state index is 13.0. The average Bonchev–Trinajstić information content (AvgIpc) is 2.45. The van der Waals surface area contributed by atoms with Crippen LogP contribution < -0.4 is 0 Å². The maximum Gasteiger partial charge on any atom is 0.417 e. The summed E-state index contributed by atoms with van der Waals surface area (Å²) in [5.41, 5.74) is -4.30. The standard InChI is InChI=1S/C15H8F8/c16-13(17)9-4-5-12(15(21,22)23)11(7-9)8-2-1-3-10(6-8)14(18,19)20/h1-7,13H. The van der Waals surface area contributed by atoms with Crippen LogP contribution in [0.15, 0.2) is 42.5 Å². The van der Waals surface area contributed by atoms with Crippen LogP contribution in [0.4, 0.5) is 35.1 Å². The van der Waals surface area contributed by atoms with Crippen LogP contribution in [0.1, 0.15) is 23.1 Å². The third-order valence-corrected chi connectivity index (χ3v) is 3.10. The van der Waals surface area contributed by atoms with Crippen LogP contribution >= 0.6 is 0 Å². The summed E-state index contributed by atoms with van der Waals surface area (Å²) in [7, 11) is 0. The molecule has 0 nitrogen and oxygen atoms in total. The smallest absolute Gasteiger partial charge is 0.205 e. The summed E-state index contributed by atoms with van der Waals surface area (Å²) in [6.07, 6.45) is -12.7. The second-order valence-corrected chi connectivity index (χ2v) is 4.68. The highest BCUT2D eigenvalue weighted by atomic mass is 19.4. The highest BCUT2D eigenvalue weighted by Crippen LogP contribution is 2.40. The van der Waals surface area contributed by atoms with Gasteiger partial charge in [-0.2, -0.15) is 26.3 Å². The molecule has 0 aliphatic carbocycles. The van der Waals surface area contributed by atoms with Crippen molar-refractivity contribution in [2.75, 3.05) is 0 Å². The summed E-state index contributed by atoms with van der Waals surface area (Å²) in [6.45, 7) is 0. The second-order valence-electron chi connectivity index (χ2n) is 4.68. The molecule has 0 radical (unpaired) electrons. The Balaban J connectivity index is 2.68. The summed E-state index contributed by atoms with van der Waals surface area (Å²) >= 11 is 0. The Labute approximate surface area is 125 Å². The number of hydrogen-bond donors (Lipinski definition) is 0. The lowest BCUT2D eigenvalue weighted by Gasteiger charge is -2.16. The van der Waals surface area contributed by atoms with E-state index in [1.165, 1.54) is 0 Å². The summed E-state index contributed by atoms with van der Waals surface area (Å²) in [6, 6.07) is 4.72. The molecule has 0 saturated carbocycles. The number of alkyl halides is 8. The van der Waals surface area contributed by atoms with Crippen LogP contribution in [0.2, 0.25) is 0 Å². The maximum absolute atomic E-state index is 13.0. The van der Waals surface area contributed by atoms with Crippen molar-refractivity contribution in [1.82, 2.24) is 0 Å². The summed E-state index contributed by atoms with van der Waals surface area (Å²) in [5.74, 6) is 0. The Kier molecular flexibility index (Phi) is 4.37. The van der Waals surface area contributed by atoms with E-state index >= 15 is 0 Å². The molecule has 0 unspecified atom stereocenters. The zero-order chi connectivity index (χ0) is 17.4. The van der Waals surface area contributed by atoms with Crippen molar-refractivity contribution in [1.29, 1.82) is 0 Å². The minimum atomic E-state index is -4.88. The normalized spacial score (nSPS) is 12.7. The molecule has 0 aromatic heterocycles. The van der Waals surface area contributed by atoms with Crippen LogP contribution in [-0.2, 0) is 12.4 Å². The van der Waals surface area contributed by atoms with E-state index in [4.69, 9.17) is 0 Å². The van der Waals surface area contributed by atoms with Crippen molar-refractivity contribution >= 4 is 0 Å². The van der Waals surface area contributed by atoms with Gasteiger partial charge in [0.1, 0.15) is 0 Å². The van der Waals surface area contributed by atoms with Gasteiger partial charge in [-0.15, -0.1) is 0 Å². The second kappa shape index (κ2) is 5.82. The highest BCUT2D eigenvalue weighted by Gasteiger charge is 2.35. The summed E-state index contributed by atoms with van der Waals surface area (Å²) < 4.78 is 102. The van der Waals surface area contributed by atoms with Gasteiger partial charge in [0, 0.05) is 5.56 Å². The third kappa shape index (κ3) is 3.80. The van der Waals surface area contributed by atoms with Gasteiger partial charge in [-0.25, -0.2) is 8.78 Å². The number of hydrogen-bond acceptors (Lipinski definition) is 0. The molecule has 2 aromatic carbocycles. The zero-order valence-corrected chi connectivity index (χ0v) is 11.1. The number of benzene rings is 2. The molecule has 0 N–H and O–H groups in total. The molecule has 0 aliphatic rings. The van der Waals surface area contributed by atoms with E-state index in [1.807, 2.05) is 0 Å². The minimum absolute atomic E-state index is 0.436. The van der Waals surface area contributed by atoms with E-state index in [0.29, 0.717) is 30.3 Å². The van der Waals surface area contributed by atoms with Crippen LogP contribution in [0.5, 0.6) is 0 Å². The Morgan fingerprint density at radius 1 is 0.739 bits per heavy atom. The van der Waals surface area contributed by atoms with Gasteiger partial charge in [-0.3, -0.25) is 0 Å². The molecule has 124 valence electrons. The minimum Gasteiger partial charge on any atom is -0.205 e. The fraction of sp³-hybridized carbons (Fsp3) is 0.200. The predicted molar refractivity (Wildman–Crippen MR) is 66.8 cm³/mol. The van der Waals surface area contributed by atoms with Crippen LogP contribution in [0, 0.1) is 0 Å². The van der Waals surface area contributed by atoms with Gasteiger partial charge >= 0.3 is 12.4 Å². The molecular weight excluding hydrogens is 332 g/mol. The van der Waals surface area contributed by atoms with Gasteiger partial charge in [-0.05, 0) is 35.4 Å². The van der Waals surface area contributed by atoms with Gasteiger partial charge in [0.15, 0.2) is 0 Å². The molecule has 0 spiro atoms. The van der Waals surface area contributed by atoms with E-state index < -0.39 is 46.6 Å². The van der Waals surface area contributed by atoms with Gasteiger partial charge in [0.05, 0.1) is 11.1 Å². The topological polar surface area (TPSA) is 0 Å². The Hall–Kier alpha value is -2.12. The van der Waals surface area contributed by atoms with Crippen molar-refractivity contribution in [3.05, 3.63) is 59.2 Å². The molecule has 0 heterocycles. The SMILES string of the molecule is FC(F)c1ccc(C(F)(F)F)c(-c2cccc(C(F)(F)F)c2)c1. The van der Waals surface area contributed by atoms with Gasteiger partial charge < -0.3 is 0 Å². The first kappa shape index (κ1) is 17.2. The first-order valence-electron chi connectivity index (χ1n) is 6.17. The molecule has 0 saturated heterocycles. The lowest BCUT2D eigenvalue weighted by atomic mass is 9.95. The number of halogens is 8. The summed E-state index contributed by atoms with van der Waals surface area (Å²) in [4.78, 5) is 0. The van der Waals surface area contributed by atoms with Gasteiger partial charge in [0.2, 0.25) is 0 Å². The van der Waals surface area contributed by atoms with Crippen molar-refractivity contribution in [2.24, 2.45) is 0 Å². The first-order chi connectivity index (χ1) is 10.5. The lowest BCUT2D eigenvalue weighted by molar-refractivity contribution is -0.137. The molecule has 2 aromatic rings. The van der Waals surface area contributed by atoms with Gasteiger partial charge in [0.25, 0.3) is 6.43 Å². The van der Waals surface area contributed by atoms with Crippen molar-refractivity contribution in [3.8, 4) is 11.1 Å². The number of rotatable bonds is 2. The zero-order valence-electron chi connectivity index (χ0n) is 11.1. The van der Waals surface area contributed by atoms with Crippen LogP contribution in [-0.4, -0.2) is 0 Å². The van der Waals surface area contributed by atoms with E-state index in [0.717, 1.165) is 12.1 Å². The fourth-order valence-corrected chi connectivity index (χ4v) is 2.05. The Bertz CT molecular complexity index is 697. The molecule has 0 amide bonds. The van der Waals surface area contributed by atoms with E-state index in [9.17, 15) is 35.1 Å². The average molecular weight is 340 g/mol. The first-order valence-corrected chi connectivity index (χ1v) is 6.17. The fourth-order valence-electron chi connectivity index (χ4n) is 2.05. The third-order valence-electron chi connectivity index (χ3n) is 3.10. The molecule has 0 atom stereocenters. The quantitative estimate of drug-likeness (QED) is 0.561. The molecule has 0 bridgehead atoms. The lowest BCUT2D eigenvalue weighted by Crippen LogP contribution is -2.09. The Morgan fingerprint density at radius 2 is 1.39 bits per heavy atom. The molecule has 0 aliphatic heterocycles. The largest absolute Gasteiger partial charge is 0.417 e. The Morgan fingerprint density at radius 3 is 1.91 bits per heavy atom. The van der Waals surface area contributed by atoms with Crippen LogP contribution in [0.3, 0.4) is 0 Å². The molecule has 2 rings (SSSR count). The van der Waals surface area contributed by atoms with Crippen molar-refractivity contribution in [3.63, 3.8) is 0 Å². The van der Waals surface area contributed by atoms with E-state index in [-0.39, 0.29) is 0 Å². The van der Waals surface area contributed by atoms with Crippen molar-refractivity contribution in [2.45, 2.75) is 18.8 Å². The van der Waals surface area contributed by atoms with E-state index in [1.54, 1.807) is 0 Å². The highest BCUT2D eigenvalue weighted by molar-refractivity contribution is 5.69.